The highest BCUT2D eigenvalue weighted by atomic mass is 16.2. The molecule has 1 fully saturated rings. The molecule has 1 aliphatic carbocycles. The fourth-order valence-corrected chi connectivity index (χ4v) is 3.77. The van der Waals surface area contributed by atoms with Crippen LogP contribution in [0.3, 0.4) is 0 Å². The zero-order valence-corrected chi connectivity index (χ0v) is 15.6. The van der Waals surface area contributed by atoms with Crippen molar-refractivity contribution >= 4 is 5.91 Å². The van der Waals surface area contributed by atoms with Crippen LogP contribution in [0, 0.1) is 5.92 Å². The number of carbonyl (C=O) groups excluding carboxylic acids is 1. The first kappa shape index (κ1) is 17.2. The van der Waals surface area contributed by atoms with E-state index < -0.39 is 0 Å². The molecule has 0 bridgehead atoms. The second-order valence-electron chi connectivity index (χ2n) is 7.75. The third kappa shape index (κ3) is 3.51. The van der Waals surface area contributed by atoms with E-state index in [1.807, 2.05) is 18.5 Å². The van der Waals surface area contributed by atoms with Crippen LogP contribution in [0.25, 0.3) is 0 Å². The Morgan fingerprint density at radius 1 is 1.38 bits per heavy atom. The summed E-state index contributed by atoms with van der Waals surface area (Å²) in [6, 6.07) is 3.93. The summed E-state index contributed by atoms with van der Waals surface area (Å²) in [4.78, 5) is 24.3. The van der Waals surface area contributed by atoms with Gasteiger partial charge in [-0.15, -0.1) is 0 Å². The molecular weight excluding hydrogens is 326 g/mol. The lowest BCUT2D eigenvalue weighted by atomic mass is 10.00. The maximum Gasteiger partial charge on any atom is 0.243 e. The van der Waals surface area contributed by atoms with Crippen LogP contribution >= 0.6 is 0 Å². The Kier molecular flexibility index (Phi) is 4.76. The quantitative estimate of drug-likeness (QED) is 0.867. The van der Waals surface area contributed by atoms with Crippen LogP contribution in [-0.4, -0.2) is 38.4 Å². The summed E-state index contributed by atoms with van der Waals surface area (Å²) in [7, 11) is 0. The summed E-state index contributed by atoms with van der Waals surface area (Å²) in [5.74, 6) is 0.818. The van der Waals surface area contributed by atoms with Crippen LogP contribution in [0.5, 0.6) is 0 Å². The first-order chi connectivity index (χ1) is 12.6. The molecule has 6 heteroatoms. The zero-order chi connectivity index (χ0) is 18.1. The summed E-state index contributed by atoms with van der Waals surface area (Å²) in [6.45, 7) is 6.71. The number of carbonyl (C=O) groups is 1. The van der Waals surface area contributed by atoms with Gasteiger partial charge < -0.3 is 9.88 Å². The monoisotopic (exact) mass is 353 g/mol. The summed E-state index contributed by atoms with van der Waals surface area (Å²) < 4.78 is 2.17. The van der Waals surface area contributed by atoms with Gasteiger partial charge in [0, 0.05) is 44.5 Å². The summed E-state index contributed by atoms with van der Waals surface area (Å²) >= 11 is 0. The summed E-state index contributed by atoms with van der Waals surface area (Å²) in [5, 5.41) is 3.13. The van der Waals surface area contributed by atoms with Gasteiger partial charge in [0.2, 0.25) is 5.91 Å². The lowest BCUT2D eigenvalue weighted by Gasteiger charge is -2.36. The lowest BCUT2D eigenvalue weighted by Crippen LogP contribution is -2.46. The minimum atomic E-state index is -0.249. The number of pyridine rings is 1. The molecule has 4 rings (SSSR count). The van der Waals surface area contributed by atoms with Crippen LogP contribution in [0.1, 0.15) is 55.7 Å². The predicted octanol–water partition coefficient (Wildman–Crippen LogP) is 2.48. The Morgan fingerprint density at radius 2 is 2.23 bits per heavy atom. The molecule has 26 heavy (non-hydrogen) atoms. The fraction of sp³-hybridized carbons (Fsp3) is 0.550. The average molecular weight is 353 g/mol. The molecule has 0 spiro atoms. The van der Waals surface area contributed by atoms with Gasteiger partial charge in [0.1, 0.15) is 6.04 Å². The van der Waals surface area contributed by atoms with Gasteiger partial charge in [-0.2, -0.15) is 0 Å². The van der Waals surface area contributed by atoms with Crippen LogP contribution in [-0.2, 0) is 17.8 Å². The first-order valence-electron chi connectivity index (χ1n) is 9.59. The van der Waals surface area contributed by atoms with Crippen molar-refractivity contribution in [3.05, 3.63) is 47.8 Å². The van der Waals surface area contributed by atoms with Gasteiger partial charge in [-0.1, -0.05) is 6.07 Å². The van der Waals surface area contributed by atoms with E-state index in [9.17, 15) is 4.79 Å². The molecule has 0 aromatic carbocycles. The van der Waals surface area contributed by atoms with E-state index in [-0.39, 0.29) is 11.9 Å². The molecule has 138 valence electrons. The third-order valence-corrected chi connectivity index (χ3v) is 5.36. The molecule has 2 aromatic rings. The number of nitrogens with zero attached hydrogens (tertiary/aromatic N) is 4. The molecule has 2 aliphatic rings. The maximum atomic E-state index is 13.2. The molecule has 6 nitrogen and oxygen atoms in total. The van der Waals surface area contributed by atoms with Crippen molar-refractivity contribution in [3.8, 4) is 0 Å². The van der Waals surface area contributed by atoms with E-state index in [1.54, 1.807) is 12.4 Å². The van der Waals surface area contributed by atoms with E-state index in [1.165, 1.54) is 12.8 Å². The van der Waals surface area contributed by atoms with Gasteiger partial charge in [-0.25, -0.2) is 4.98 Å². The first-order valence-corrected chi connectivity index (χ1v) is 9.59. The number of amides is 1. The highest BCUT2D eigenvalue weighted by molar-refractivity contribution is 5.83. The second-order valence-corrected chi connectivity index (χ2v) is 7.75. The van der Waals surface area contributed by atoms with Crippen molar-refractivity contribution in [1.29, 1.82) is 0 Å². The number of hydrogen-bond donors (Lipinski definition) is 1. The molecule has 1 N–H and O–H groups in total. The zero-order valence-electron chi connectivity index (χ0n) is 15.6. The molecule has 1 unspecified atom stereocenters. The smallest absolute Gasteiger partial charge is 0.243 e. The van der Waals surface area contributed by atoms with Gasteiger partial charge in [0.25, 0.3) is 0 Å². The van der Waals surface area contributed by atoms with Gasteiger partial charge in [-0.05, 0) is 44.2 Å². The van der Waals surface area contributed by atoms with Gasteiger partial charge in [0.05, 0.1) is 17.7 Å². The normalized spacial score (nSPS) is 20.2. The Balaban J connectivity index is 1.58. The Bertz CT molecular complexity index is 766. The van der Waals surface area contributed by atoms with Crippen LogP contribution in [0.4, 0.5) is 0 Å². The molecule has 1 atom stereocenters. The van der Waals surface area contributed by atoms with Gasteiger partial charge in [0.15, 0.2) is 0 Å². The van der Waals surface area contributed by atoms with Crippen molar-refractivity contribution in [2.24, 2.45) is 5.92 Å². The highest BCUT2D eigenvalue weighted by Crippen LogP contribution is 2.36. The van der Waals surface area contributed by atoms with Crippen LogP contribution in [0.15, 0.2) is 30.9 Å². The Hall–Kier alpha value is -2.21. The largest absolute Gasteiger partial charge is 0.350 e. The molecule has 1 saturated carbocycles. The number of rotatable bonds is 6. The average Bonchev–Trinajstić information content (AvgIpc) is 3.35. The molecule has 0 saturated heterocycles. The molecule has 1 aliphatic heterocycles. The minimum Gasteiger partial charge on any atom is -0.350 e. The maximum absolute atomic E-state index is 13.2. The van der Waals surface area contributed by atoms with E-state index in [2.05, 4.69) is 38.6 Å². The van der Waals surface area contributed by atoms with Crippen molar-refractivity contribution < 1.29 is 4.79 Å². The summed E-state index contributed by atoms with van der Waals surface area (Å²) in [5.41, 5.74) is 3.17. The third-order valence-electron chi connectivity index (χ3n) is 5.36. The van der Waals surface area contributed by atoms with Gasteiger partial charge >= 0.3 is 0 Å². The summed E-state index contributed by atoms with van der Waals surface area (Å²) in [6.07, 6.45) is 8.95. The number of imidazole rings is 1. The topological polar surface area (TPSA) is 63.1 Å². The fourth-order valence-electron chi connectivity index (χ4n) is 3.77. The number of aromatic nitrogens is 3. The molecular formula is C20H27N5O. The van der Waals surface area contributed by atoms with Crippen molar-refractivity contribution in [2.45, 2.75) is 51.7 Å². The Morgan fingerprint density at radius 3 is 2.92 bits per heavy atom. The highest BCUT2D eigenvalue weighted by Gasteiger charge is 2.39. The van der Waals surface area contributed by atoms with Crippen LogP contribution < -0.4 is 5.32 Å². The number of nitrogens with one attached hydrogen (secondary N) is 1. The number of hydrogen-bond acceptors (Lipinski definition) is 4. The van der Waals surface area contributed by atoms with E-state index in [0.717, 1.165) is 42.4 Å². The standard InChI is InChI=1S/C20H27N5O/c1-14(2)25-13-23-17-7-9-24(12-15-5-6-15)19(18(17)25)20(26)22-11-16-4-3-8-21-10-16/h3-4,8,10,13-15,19H,5-7,9,11-12H2,1-2H3,(H,22,26). The van der Waals surface area contributed by atoms with Crippen molar-refractivity contribution in [1.82, 2.24) is 24.8 Å². The van der Waals surface area contributed by atoms with Gasteiger partial charge in [-0.3, -0.25) is 14.7 Å². The number of fused-ring (bicyclic) bond motifs is 1. The molecule has 0 radical (unpaired) electrons. The van der Waals surface area contributed by atoms with E-state index >= 15 is 0 Å². The minimum absolute atomic E-state index is 0.0675. The van der Waals surface area contributed by atoms with Crippen LogP contribution in [0.2, 0.25) is 0 Å². The second kappa shape index (κ2) is 7.19. The molecule has 3 heterocycles. The SMILES string of the molecule is CC(C)n1cnc2c1C(C(=O)NCc1cccnc1)N(CC1CC1)CC2. The van der Waals surface area contributed by atoms with E-state index in [0.29, 0.717) is 12.6 Å². The molecule has 1 amide bonds. The Labute approximate surface area is 154 Å². The predicted molar refractivity (Wildman–Crippen MR) is 99.4 cm³/mol. The lowest BCUT2D eigenvalue weighted by molar-refractivity contribution is -0.127. The van der Waals surface area contributed by atoms with Crippen molar-refractivity contribution in [2.75, 3.05) is 13.1 Å². The van der Waals surface area contributed by atoms with Crippen molar-refractivity contribution in [3.63, 3.8) is 0 Å². The molecule has 2 aromatic heterocycles. The van der Waals surface area contributed by atoms with E-state index in [4.69, 9.17) is 0 Å².